The maximum Gasteiger partial charge on any atom is 0.255 e. The standard InChI is InChI=1S/C24H22N2O6/c1-32-17-4-2-3-15(12-17)22(29)20(27)9-6-14-5-7-18-16(11-14)13-26(24(18)31)19-8-10-21(28)25-23(19)30/h2-5,7,11-12,19H,6,8-10,13H2,1H3,(H,25,28,30). The number of Topliss-reactive ketones (excluding diaryl/α,β-unsaturated/α-hetero) is 2. The number of ketones is 2. The third-order valence-electron chi connectivity index (χ3n) is 5.81. The van der Waals surface area contributed by atoms with Gasteiger partial charge in [0, 0.05) is 30.5 Å². The SMILES string of the molecule is COc1cccc(C(=O)C(=O)CCc2ccc3c(c2)CN(C2CCC(=O)NC2=O)C3=O)c1. The van der Waals surface area contributed by atoms with Gasteiger partial charge in [0.15, 0.2) is 0 Å². The second kappa shape index (κ2) is 8.74. The van der Waals surface area contributed by atoms with Crippen LogP contribution in [0.25, 0.3) is 0 Å². The highest BCUT2D eigenvalue weighted by molar-refractivity contribution is 6.43. The van der Waals surface area contributed by atoms with E-state index in [1.54, 1.807) is 30.3 Å². The molecule has 2 aromatic carbocycles. The Kier molecular flexibility index (Phi) is 5.85. The van der Waals surface area contributed by atoms with Gasteiger partial charge in [-0.15, -0.1) is 0 Å². The zero-order valence-corrected chi connectivity index (χ0v) is 17.6. The van der Waals surface area contributed by atoms with Crippen molar-refractivity contribution in [2.45, 2.75) is 38.3 Å². The lowest BCUT2D eigenvalue weighted by Crippen LogP contribution is -2.52. The molecule has 32 heavy (non-hydrogen) atoms. The number of rotatable bonds is 7. The summed E-state index contributed by atoms with van der Waals surface area (Å²) in [4.78, 5) is 62.6. The lowest BCUT2D eigenvalue weighted by molar-refractivity contribution is -0.136. The number of hydrogen-bond acceptors (Lipinski definition) is 6. The highest BCUT2D eigenvalue weighted by Gasteiger charge is 2.39. The molecule has 2 aromatic rings. The predicted octanol–water partition coefficient (Wildman–Crippen LogP) is 1.84. The summed E-state index contributed by atoms with van der Waals surface area (Å²) in [5.41, 5.74) is 2.39. The molecule has 1 N–H and O–H groups in total. The van der Waals surface area contributed by atoms with Crippen molar-refractivity contribution in [1.29, 1.82) is 0 Å². The van der Waals surface area contributed by atoms with E-state index in [2.05, 4.69) is 5.32 Å². The summed E-state index contributed by atoms with van der Waals surface area (Å²) in [5, 5.41) is 2.28. The Morgan fingerprint density at radius 2 is 1.94 bits per heavy atom. The Hall–Kier alpha value is -3.81. The fourth-order valence-corrected chi connectivity index (χ4v) is 4.08. The smallest absolute Gasteiger partial charge is 0.255 e. The third-order valence-corrected chi connectivity index (χ3v) is 5.81. The second-order valence-corrected chi connectivity index (χ2v) is 7.88. The fourth-order valence-electron chi connectivity index (χ4n) is 4.08. The van der Waals surface area contributed by atoms with Gasteiger partial charge in [0.1, 0.15) is 11.8 Å². The molecule has 0 spiro atoms. The minimum Gasteiger partial charge on any atom is -0.497 e. The molecular formula is C24H22N2O6. The van der Waals surface area contributed by atoms with Crippen LogP contribution in [0.3, 0.4) is 0 Å². The van der Waals surface area contributed by atoms with E-state index in [4.69, 9.17) is 4.74 Å². The van der Waals surface area contributed by atoms with E-state index in [0.29, 0.717) is 24.2 Å². The van der Waals surface area contributed by atoms with Gasteiger partial charge in [0.05, 0.1) is 7.11 Å². The molecule has 0 saturated carbocycles. The van der Waals surface area contributed by atoms with Crippen molar-refractivity contribution >= 4 is 29.3 Å². The molecule has 0 aliphatic carbocycles. The number of methoxy groups -OCH3 is 1. The Bertz CT molecular complexity index is 1140. The van der Waals surface area contributed by atoms with Gasteiger partial charge in [-0.1, -0.05) is 24.3 Å². The Morgan fingerprint density at radius 1 is 1.12 bits per heavy atom. The van der Waals surface area contributed by atoms with Crippen LogP contribution in [-0.2, 0) is 27.3 Å². The number of carbonyl (C=O) groups excluding carboxylic acids is 5. The Balaban J connectivity index is 1.41. The lowest BCUT2D eigenvalue weighted by atomic mass is 9.99. The monoisotopic (exact) mass is 434 g/mol. The van der Waals surface area contributed by atoms with Crippen LogP contribution in [0.4, 0.5) is 0 Å². The summed E-state index contributed by atoms with van der Waals surface area (Å²) in [6.07, 6.45) is 0.900. The molecule has 4 rings (SSSR count). The molecule has 1 atom stereocenters. The summed E-state index contributed by atoms with van der Waals surface area (Å²) in [5.74, 6) is -1.59. The molecule has 1 saturated heterocycles. The number of imide groups is 1. The number of carbonyl (C=O) groups is 5. The fraction of sp³-hybridized carbons (Fsp3) is 0.292. The topological polar surface area (TPSA) is 110 Å². The molecular weight excluding hydrogens is 412 g/mol. The highest BCUT2D eigenvalue weighted by atomic mass is 16.5. The second-order valence-electron chi connectivity index (χ2n) is 7.88. The molecule has 0 bridgehead atoms. The van der Waals surface area contributed by atoms with Crippen molar-refractivity contribution in [1.82, 2.24) is 10.2 Å². The number of amides is 3. The van der Waals surface area contributed by atoms with Crippen molar-refractivity contribution in [3.05, 3.63) is 64.7 Å². The first-order valence-electron chi connectivity index (χ1n) is 10.4. The van der Waals surface area contributed by atoms with Gasteiger partial charge in [0.25, 0.3) is 5.91 Å². The van der Waals surface area contributed by atoms with Crippen LogP contribution in [0.2, 0.25) is 0 Å². The van der Waals surface area contributed by atoms with Crippen LogP contribution in [0.15, 0.2) is 42.5 Å². The van der Waals surface area contributed by atoms with Crippen molar-refractivity contribution in [3.8, 4) is 5.75 Å². The lowest BCUT2D eigenvalue weighted by Gasteiger charge is -2.29. The van der Waals surface area contributed by atoms with Gasteiger partial charge in [-0.2, -0.15) is 0 Å². The van der Waals surface area contributed by atoms with Crippen molar-refractivity contribution < 1.29 is 28.7 Å². The predicted molar refractivity (Wildman–Crippen MR) is 113 cm³/mol. The number of benzene rings is 2. The average Bonchev–Trinajstić information content (AvgIpc) is 3.12. The van der Waals surface area contributed by atoms with Gasteiger partial charge < -0.3 is 9.64 Å². The molecule has 0 aromatic heterocycles. The van der Waals surface area contributed by atoms with E-state index in [0.717, 1.165) is 11.1 Å². The molecule has 8 nitrogen and oxygen atoms in total. The van der Waals surface area contributed by atoms with Gasteiger partial charge in [-0.3, -0.25) is 29.3 Å². The average molecular weight is 434 g/mol. The van der Waals surface area contributed by atoms with E-state index in [-0.39, 0.29) is 36.8 Å². The van der Waals surface area contributed by atoms with E-state index < -0.39 is 23.5 Å². The van der Waals surface area contributed by atoms with Crippen molar-refractivity contribution in [2.24, 2.45) is 0 Å². The molecule has 2 heterocycles. The number of fused-ring (bicyclic) bond motifs is 1. The van der Waals surface area contributed by atoms with Crippen molar-refractivity contribution in [3.63, 3.8) is 0 Å². The number of piperidine rings is 1. The molecule has 0 radical (unpaired) electrons. The first kappa shape index (κ1) is 21.4. The number of nitrogens with one attached hydrogen (secondary N) is 1. The van der Waals surface area contributed by atoms with Gasteiger partial charge in [-0.25, -0.2) is 0 Å². The summed E-state index contributed by atoms with van der Waals surface area (Å²) in [6, 6.07) is 11.1. The number of aryl methyl sites for hydroxylation is 1. The van der Waals surface area contributed by atoms with Gasteiger partial charge in [-0.05, 0) is 42.2 Å². The summed E-state index contributed by atoms with van der Waals surface area (Å²) < 4.78 is 5.09. The normalized spacial score (nSPS) is 17.7. The van der Waals surface area contributed by atoms with Gasteiger partial charge >= 0.3 is 0 Å². The Labute approximate surface area is 184 Å². The maximum atomic E-state index is 12.8. The molecule has 1 fully saturated rings. The van der Waals surface area contributed by atoms with E-state index in [1.807, 2.05) is 6.07 Å². The Morgan fingerprint density at radius 3 is 2.69 bits per heavy atom. The van der Waals surface area contributed by atoms with Crippen LogP contribution in [0, 0.1) is 0 Å². The number of hydrogen-bond donors (Lipinski definition) is 1. The molecule has 3 amide bonds. The van der Waals surface area contributed by atoms with E-state index in [9.17, 15) is 24.0 Å². The third kappa shape index (κ3) is 4.16. The van der Waals surface area contributed by atoms with Crippen LogP contribution >= 0.6 is 0 Å². The minimum absolute atomic E-state index is 0.0413. The summed E-state index contributed by atoms with van der Waals surface area (Å²) in [6.45, 7) is 0.269. The highest BCUT2D eigenvalue weighted by Crippen LogP contribution is 2.28. The zero-order chi connectivity index (χ0) is 22.8. The van der Waals surface area contributed by atoms with E-state index >= 15 is 0 Å². The van der Waals surface area contributed by atoms with Crippen LogP contribution in [0.1, 0.15) is 51.1 Å². The maximum absolute atomic E-state index is 12.8. The largest absolute Gasteiger partial charge is 0.497 e. The minimum atomic E-state index is -0.668. The van der Waals surface area contributed by atoms with Crippen LogP contribution in [0.5, 0.6) is 5.75 Å². The van der Waals surface area contributed by atoms with Crippen LogP contribution < -0.4 is 10.1 Å². The summed E-state index contributed by atoms with van der Waals surface area (Å²) >= 11 is 0. The zero-order valence-electron chi connectivity index (χ0n) is 17.6. The number of ether oxygens (including phenoxy) is 1. The molecule has 2 aliphatic rings. The molecule has 1 unspecified atom stereocenters. The first-order valence-corrected chi connectivity index (χ1v) is 10.4. The van der Waals surface area contributed by atoms with Gasteiger partial charge in [0.2, 0.25) is 23.4 Å². The number of nitrogens with zero attached hydrogens (tertiary/aromatic N) is 1. The molecule has 164 valence electrons. The first-order chi connectivity index (χ1) is 15.4. The van der Waals surface area contributed by atoms with Crippen molar-refractivity contribution in [2.75, 3.05) is 7.11 Å². The quantitative estimate of drug-likeness (QED) is 0.405. The molecule has 2 aliphatic heterocycles. The van der Waals surface area contributed by atoms with Crippen LogP contribution in [-0.4, -0.2) is 47.3 Å². The molecule has 8 heteroatoms. The van der Waals surface area contributed by atoms with E-state index in [1.165, 1.54) is 18.1 Å². The summed E-state index contributed by atoms with van der Waals surface area (Å²) in [7, 11) is 1.49.